The monoisotopic (exact) mass is 483 g/mol. The van der Waals surface area contributed by atoms with E-state index in [2.05, 4.69) is 10.2 Å². The number of anilines is 2. The molecule has 0 aliphatic carbocycles. The number of nitrogens with one attached hydrogen (secondary N) is 1. The van der Waals surface area contributed by atoms with Gasteiger partial charge in [0.1, 0.15) is 11.4 Å². The summed E-state index contributed by atoms with van der Waals surface area (Å²) in [7, 11) is 0. The number of fused-ring (bicyclic) bond motifs is 1. The van der Waals surface area contributed by atoms with Crippen LogP contribution in [0.2, 0.25) is 0 Å². The Bertz CT molecular complexity index is 1060. The topological polar surface area (TPSA) is 106 Å². The van der Waals surface area contributed by atoms with Crippen molar-refractivity contribution in [2.45, 2.75) is 46.3 Å². The second kappa shape index (κ2) is 10.5. The average molecular weight is 484 g/mol. The number of carbonyl (C=O) groups is 2. The maximum absolute atomic E-state index is 12.7. The van der Waals surface area contributed by atoms with Crippen molar-refractivity contribution >= 4 is 23.7 Å². The Morgan fingerprint density at radius 1 is 1.09 bits per heavy atom. The molecule has 188 valence electrons. The van der Waals surface area contributed by atoms with E-state index in [4.69, 9.17) is 24.2 Å². The van der Waals surface area contributed by atoms with Gasteiger partial charge in [0.25, 0.3) is 0 Å². The number of amides is 2. The molecule has 1 aromatic heterocycles. The van der Waals surface area contributed by atoms with Crippen molar-refractivity contribution in [2.24, 2.45) is 0 Å². The summed E-state index contributed by atoms with van der Waals surface area (Å²) < 4.78 is 16.1. The quantitative estimate of drug-likeness (QED) is 0.699. The van der Waals surface area contributed by atoms with Crippen LogP contribution in [0.15, 0.2) is 24.3 Å². The molecule has 1 saturated heterocycles. The summed E-state index contributed by atoms with van der Waals surface area (Å²) in [5, 5.41) is 2.69. The zero-order valence-electron chi connectivity index (χ0n) is 20.8. The second-order valence-corrected chi connectivity index (χ2v) is 9.47. The van der Waals surface area contributed by atoms with Crippen molar-refractivity contribution in [2.75, 3.05) is 49.7 Å². The summed E-state index contributed by atoms with van der Waals surface area (Å²) in [5.74, 6) is 1.46. The lowest BCUT2D eigenvalue weighted by Gasteiger charge is -2.34. The average Bonchev–Trinajstić information content (AvgIpc) is 2.83. The highest BCUT2D eigenvalue weighted by Gasteiger charge is 2.30. The summed E-state index contributed by atoms with van der Waals surface area (Å²) in [6.07, 6.45) is -0.183. The number of hydrogen-bond acceptors (Lipinski definition) is 8. The molecule has 2 aromatic rings. The van der Waals surface area contributed by atoms with Gasteiger partial charge in [0.05, 0.1) is 32.1 Å². The van der Waals surface area contributed by atoms with Gasteiger partial charge in [0.15, 0.2) is 5.82 Å². The Kier molecular flexibility index (Phi) is 7.39. The third-order valence-corrected chi connectivity index (χ3v) is 5.67. The first-order chi connectivity index (χ1) is 16.7. The highest BCUT2D eigenvalue weighted by Crippen LogP contribution is 2.31. The molecule has 1 aromatic carbocycles. The SMILES string of the molecule is CCOC(=O)Nc1ccc(-c2nc3c(c(N4CCOCC4)n2)CCN(C(=O)OC(C)(C)C)C3)cc1. The molecule has 0 bridgehead atoms. The number of benzene rings is 1. The molecule has 0 radical (unpaired) electrons. The van der Waals surface area contributed by atoms with E-state index < -0.39 is 11.7 Å². The summed E-state index contributed by atoms with van der Waals surface area (Å²) in [5.41, 5.74) is 2.76. The number of hydrogen-bond donors (Lipinski definition) is 1. The van der Waals surface area contributed by atoms with Crippen LogP contribution in [0.1, 0.15) is 39.0 Å². The highest BCUT2D eigenvalue weighted by molar-refractivity contribution is 5.85. The first-order valence-corrected chi connectivity index (χ1v) is 12.0. The van der Waals surface area contributed by atoms with Crippen molar-refractivity contribution in [3.05, 3.63) is 35.5 Å². The minimum atomic E-state index is -0.563. The van der Waals surface area contributed by atoms with Gasteiger partial charge in [-0.1, -0.05) is 0 Å². The molecule has 3 heterocycles. The van der Waals surface area contributed by atoms with Crippen molar-refractivity contribution in [1.29, 1.82) is 0 Å². The van der Waals surface area contributed by atoms with Crippen LogP contribution in [0, 0.1) is 0 Å². The molecule has 0 atom stereocenters. The van der Waals surface area contributed by atoms with E-state index in [-0.39, 0.29) is 6.09 Å². The Hall–Kier alpha value is -3.40. The van der Waals surface area contributed by atoms with Gasteiger partial charge in [-0.15, -0.1) is 0 Å². The number of morpholine rings is 1. The number of aromatic nitrogens is 2. The predicted octanol–water partition coefficient (Wildman–Crippen LogP) is 3.84. The number of carbonyl (C=O) groups excluding carboxylic acids is 2. The van der Waals surface area contributed by atoms with E-state index in [1.807, 2.05) is 32.9 Å². The maximum Gasteiger partial charge on any atom is 0.411 e. The Labute approximate surface area is 205 Å². The summed E-state index contributed by atoms with van der Waals surface area (Å²) in [6, 6.07) is 7.30. The lowest BCUT2D eigenvalue weighted by molar-refractivity contribution is 0.0220. The fraction of sp³-hybridized carbons (Fsp3) is 0.520. The van der Waals surface area contributed by atoms with Crippen molar-refractivity contribution < 1.29 is 23.8 Å². The molecule has 35 heavy (non-hydrogen) atoms. The molecule has 4 rings (SSSR count). The fourth-order valence-electron chi connectivity index (χ4n) is 4.05. The number of rotatable bonds is 4. The van der Waals surface area contributed by atoms with Crippen LogP contribution in [-0.4, -0.2) is 72.1 Å². The van der Waals surface area contributed by atoms with E-state index in [0.717, 1.165) is 35.7 Å². The molecule has 2 aliphatic heterocycles. The molecule has 0 saturated carbocycles. The van der Waals surface area contributed by atoms with E-state index >= 15 is 0 Å². The lowest BCUT2D eigenvalue weighted by atomic mass is 10.0. The van der Waals surface area contributed by atoms with Crippen molar-refractivity contribution in [3.8, 4) is 11.4 Å². The predicted molar refractivity (Wildman–Crippen MR) is 131 cm³/mol. The van der Waals surface area contributed by atoms with Crippen LogP contribution < -0.4 is 10.2 Å². The van der Waals surface area contributed by atoms with Gasteiger partial charge in [-0.05, 0) is 58.4 Å². The third-order valence-electron chi connectivity index (χ3n) is 5.67. The summed E-state index contributed by atoms with van der Waals surface area (Å²) in [6.45, 7) is 11.3. The number of nitrogens with zero attached hydrogens (tertiary/aromatic N) is 4. The molecule has 0 spiro atoms. The molecule has 10 heteroatoms. The molecule has 1 fully saturated rings. The maximum atomic E-state index is 12.7. The Balaban J connectivity index is 1.64. The van der Waals surface area contributed by atoms with Gasteiger partial charge in [0, 0.05) is 36.4 Å². The molecule has 1 N–H and O–H groups in total. The van der Waals surface area contributed by atoms with Gasteiger partial charge < -0.3 is 24.0 Å². The molecule has 2 amide bonds. The van der Waals surface area contributed by atoms with Crippen molar-refractivity contribution in [3.63, 3.8) is 0 Å². The largest absolute Gasteiger partial charge is 0.450 e. The minimum Gasteiger partial charge on any atom is -0.450 e. The highest BCUT2D eigenvalue weighted by atomic mass is 16.6. The first kappa shape index (κ1) is 24.7. The zero-order chi connectivity index (χ0) is 25.0. The fourth-order valence-corrected chi connectivity index (χ4v) is 4.05. The molecule has 10 nitrogen and oxygen atoms in total. The standard InChI is InChI=1S/C25H33N5O5/c1-5-34-23(31)26-18-8-6-17(7-9-18)21-27-20-16-30(24(32)35-25(2,3)4)11-10-19(20)22(28-21)29-12-14-33-15-13-29/h6-9H,5,10-16H2,1-4H3,(H,26,31). The van der Waals surface area contributed by atoms with E-state index in [1.54, 1.807) is 24.0 Å². The van der Waals surface area contributed by atoms with Crippen LogP contribution in [0.3, 0.4) is 0 Å². The van der Waals surface area contributed by atoms with Gasteiger partial charge in [0.2, 0.25) is 0 Å². The first-order valence-electron chi connectivity index (χ1n) is 12.0. The number of ether oxygens (including phenoxy) is 3. The van der Waals surface area contributed by atoms with E-state index in [1.165, 1.54) is 0 Å². The molecular formula is C25H33N5O5. The zero-order valence-corrected chi connectivity index (χ0v) is 20.8. The van der Waals surface area contributed by atoms with Gasteiger partial charge in [-0.3, -0.25) is 5.32 Å². The van der Waals surface area contributed by atoms with Gasteiger partial charge in [-0.2, -0.15) is 0 Å². The van der Waals surface area contributed by atoms with Crippen LogP contribution in [0.5, 0.6) is 0 Å². The normalized spacial score (nSPS) is 15.9. The third kappa shape index (κ3) is 6.19. The van der Waals surface area contributed by atoms with Crippen LogP contribution in [0.4, 0.5) is 21.1 Å². The molecule has 0 unspecified atom stereocenters. The van der Waals surface area contributed by atoms with Gasteiger partial charge in [-0.25, -0.2) is 19.6 Å². The van der Waals surface area contributed by atoms with Crippen LogP contribution in [0.25, 0.3) is 11.4 Å². The summed E-state index contributed by atoms with van der Waals surface area (Å²) in [4.78, 5) is 38.2. The van der Waals surface area contributed by atoms with Crippen LogP contribution >= 0.6 is 0 Å². The van der Waals surface area contributed by atoms with E-state index in [0.29, 0.717) is 50.8 Å². The second-order valence-electron chi connectivity index (χ2n) is 9.47. The summed E-state index contributed by atoms with van der Waals surface area (Å²) >= 11 is 0. The molecule has 2 aliphatic rings. The van der Waals surface area contributed by atoms with Crippen LogP contribution in [-0.2, 0) is 27.2 Å². The van der Waals surface area contributed by atoms with Gasteiger partial charge >= 0.3 is 12.2 Å². The smallest absolute Gasteiger partial charge is 0.411 e. The molecular weight excluding hydrogens is 450 g/mol. The Morgan fingerprint density at radius 2 is 1.80 bits per heavy atom. The lowest BCUT2D eigenvalue weighted by Crippen LogP contribution is -2.42. The minimum absolute atomic E-state index is 0.303. The van der Waals surface area contributed by atoms with E-state index in [9.17, 15) is 9.59 Å². The Morgan fingerprint density at radius 3 is 2.46 bits per heavy atom. The van der Waals surface area contributed by atoms with Crippen molar-refractivity contribution in [1.82, 2.24) is 14.9 Å².